The van der Waals surface area contributed by atoms with Crippen LogP contribution in [-0.2, 0) is 0 Å². The molecule has 3 nitrogen and oxygen atoms in total. The van der Waals surface area contributed by atoms with Crippen molar-refractivity contribution in [1.29, 1.82) is 0 Å². The van der Waals surface area contributed by atoms with Crippen LogP contribution in [0.4, 0.5) is 5.69 Å². The average molecular weight is 346 g/mol. The maximum absolute atomic E-state index is 6.15. The molecule has 0 spiro atoms. The van der Waals surface area contributed by atoms with Gasteiger partial charge in [-0.1, -0.05) is 48.0 Å². The summed E-state index contributed by atoms with van der Waals surface area (Å²) in [6.45, 7) is 8.59. The Kier molecular flexibility index (Phi) is 4.81. The topological polar surface area (TPSA) is 19.6 Å². The zero-order valence-corrected chi connectivity index (χ0v) is 15.6. The molecule has 1 aliphatic rings. The molecular weight excluding hydrogens is 320 g/mol. The largest absolute Gasteiger partial charge is 0.459 e. The first-order chi connectivity index (χ1) is 12.7. The van der Waals surface area contributed by atoms with E-state index in [1.807, 2.05) is 18.2 Å². The summed E-state index contributed by atoms with van der Waals surface area (Å²) in [5.74, 6) is 2.00. The van der Waals surface area contributed by atoms with Gasteiger partial charge in [0.15, 0.2) is 0 Å². The molecule has 1 aliphatic heterocycles. The van der Waals surface area contributed by atoms with Crippen LogP contribution >= 0.6 is 0 Å². The molecule has 0 N–H and O–H groups in total. The quantitative estimate of drug-likeness (QED) is 0.652. The highest BCUT2D eigenvalue weighted by molar-refractivity contribution is 5.57. The minimum absolute atomic E-state index is 0.299. The number of anilines is 1. The fourth-order valence-corrected chi connectivity index (χ4v) is 3.64. The van der Waals surface area contributed by atoms with Crippen molar-refractivity contribution in [3.63, 3.8) is 0 Å². The summed E-state index contributed by atoms with van der Waals surface area (Å²) in [6.07, 6.45) is 0. The fraction of sp³-hybridized carbons (Fsp3) is 0.304. The van der Waals surface area contributed by atoms with Crippen molar-refractivity contribution < 1.29 is 4.42 Å². The van der Waals surface area contributed by atoms with Crippen molar-refractivity contribution in [3.8, 4) is 11.3 Å². The molecular formula is C23H26N2O. The third-order valence-electron chi connectivity index (χ3n) is 5.36. The van der Waals surface area contributed by atoms with E-state index in [0.717, 1.165) is 43.3 Å². The highest BCUT2D eigenvalue weighted by Crippen LogP contribution is 2.29. The predicted molar refractivity (Wildman–Crippen MR) is 108 cm³/mol. The molecule has 134 valence electrons. The van der Waals surface area contributed by atoms with Crippen LogP contribution in [0.5, 0.6) is 0 Å². The number of aryl methyl sites for hydroxylation is 1. The molecule has 0 amide bonds. The van der Waals surface area contributed by atoms with Gasteiger partial charge in [-0.15, -0.1) is 0 Å². The van der Waals surface area contributed by atoms with E-state index in [9.17, 15) is 0 Å². The summed E-state index contributed by atoms with van der Waals surface area (Å²) >= 11 is 0. The van der Waals surface area contributed by atoms with Gasteiger partial charge in [-0.2, -0.15) is 0 Å². The van der Waals surface area contributed by atoms with E-state index in [-0.39, 0.29) is 0 Å². The Balaban J connectivity index is 1.40. The Hall–Kier alpha value is -2.52. The van der Waals surface area contributed by atoms with Crippen LogP contribution in [0.2, 0.25) is 0 Å². The van der Waals surface area contributed by atoms with Gasteiger partial charge in [0.05, 0.1) is 6.04 Å². The van der Waals surface area contributed by atoms with E-state index < -0.39 is 0 Å². The zero-order valence-electron chi connectivity index (χ0n) is 15.6. The number of rotatable bonds is 4. The number of nitrogens with zero attached hydrogens (tertiary/aromatic N) is 2. The Morgan fingerprint density at radius 2 is 1.50 bits per heavy atom. The lowest BCUT2D eigenvalue weighted by Crippen LogP contribution is -2.47. The maximum atomic E-state index is 6.15. The van der Waals surface area contributed by atoms with E-state index in [1.54, 1.807) is 0 Å². The fourth-order valence-electron chi connectivity index (χ4n) is 3.64. The van der Waals surface area contributed by atoms with Gasteiger partial charge >= 0.3 is 0 Å². The van der Waals surface area contributed by atoms with E-state index in [2.05, 4.69) is 72.2 Å². The van der Waals surface area contributed by atoms with Crippen molar-refractivity contribution in [2.75, 3.05) is 31.1 Å². The van der Waals surface area contributed by atoms with Crippen LogP contribution in [0.15, 0.2) is 71.1 Å². The second-order valence-corrected chi connectivity index (χ2v) is 7.10. The number of furan rings is 1. The normalized spacial score (nSPS) is 16.6. The van der Waals surface area contributed by atoms with Crippen LogP contribution in [-0.4, -0.2) is 31.1 Å². The second-order valence-electron chi connectivity index (χ2n) is 7.10. The van der Waals surface area contributed by atoms with Gasteiger partial charge < -0.3 is 9.32 Å². The monoisotopic (exact) mass is 346 g/mol. The van der Waals surface area contributed by atoms with Gasteiger partial charge in [0.2, 0.25) is 0 Å². The lowest BCUT2D eigenvalue weighted by molar-refractivity contribution is 0.178. The standard InChI is InChI=1S/C23H26N2O/c1-18-8-10-21(11-9-18)25-16-14-24(15-17-25)19(2)22-12-13-23(26-22)20-6-4-3-5-7-20/h3-13,19H,14-17H2,1-2H3. The highest BCUT2D eigenvalue weighted by atomic mass is 16.3. The first-order valence-corrected chi connectivity index (χ1v) is 9.41. The Morgan fingerprint density at radius 3 is 2.19 bits per heavy atom. The first-order valence-electron chi connectivity index (χ1n) is 9.41. The number of benzene rings is 2. The van der Waals surface area contributed by atoms with Crippen molar-refractivity contribution in [3.05, 3.63) is 78.1 Å². The number of hydrogen-bond donors (Lipinski definition) is 0. The summed E-state index contributed by atoms with van der Waals surface area (Å²) in [4.78, 5) is 4.98. The number of piperazine rings is 1. The summed E-state index contributed by atoms with van der Waals surface area (Å²) in [5, 5.41) is 0. The molecule has 2 heterocycles. The molecule has 1 aromatic heterocycles. The van der Waals surface area contributed by atoms with E-state index >= 15 is 0 Å². The molecule has 1 unspecified atom stereocenters. The van der Waals surface area contributed by atoms with Crippen LogP contribution < -0.4 is 4.90 Å². The molecule has 0 bridgehead atoms. The Labute approximate surface area is 155 Å². The smallest absolute Gasteiger partial charge is 0.134 e. The summed E-state index contributed by atoms with van der Waals surface area (Å²) in [6, 6.07) is 23.7. The lowest BCUT2D eigenvalue weighted by Gasteiger charge is -2.38. The van der Waals surface area contributed by atoms with Crippen LogP contribution in [0.1, 0.15) is 24.3 Å². The first kappa shape index (κ1) is 16.9. The summed E-state index contributed by atoms with van der Waals surface area (Å²) in [7, 11) is 0. The Bertz CT molecular complexity index is 830. The van der Waals surface area contributed by atoms with Gasteiger partial charge in [0.25, 0.3) is 0 Å². The van der Waals surface area contributed by atoms with E-state index in [0.29, 0.717) is 6.04 Å². The SMILES string of the molecule is Cc1ccc(N2CCN(C(C)c3ccc(-c4ccccc4)o3)CC2)cc1. The molecule has 1 saturated heterocycles. The lowest BCUT2D eigenvalue weighted by atomic mass is 10.1. The van der Waals surface area contributed by atoms with Gasteiger partial charge in [0.1, 0.15) is 11.5 Å². The van der Waals surface area contributed by atoms with Gasteiger partial charge in [-0.25, -0.2) is 0 Å². The van der Waals surface area contributed by atoms with Gasteiger partial charge in [-0.3, -0.25) is 4.90 Å². The third-order valence-corrected chi connectivity index (χ3v) is 5.36. The minimum atomic E-state index is 0.299. The highest BCUT2D eigenvalue weighted by Gasteiger charge is 2.24. The van der Waals surface area contributed by atoms with Crippen molar-refractivity contribution >= 4 is 5.69 Å². The molecule has 4 rings (SSSR count). The molecule has 0 saturated carbocycles. The molecule has 26 heavy (non-hydrogen) atoms. The molecule has 3 heteroatoms. The maximum Gasteiger partial charge on any atom is 0.134 e. The van der Waals surface area contributed by atoms with E-state index in [4.69, 9.17) is 4.42 Å². The van der Waals surface area contributed by atoms with Gasteiger partial charge in [0, 0.05) is 37.4 Å². The summed E-state index contributed by atoms with van der Waals surface area (Å²) in [5.41, 5.74) is 3.77. The summed E-state index contributed by atoms with van der Waals surface area (Å²) < 4.78 is 6.15. The van der Waals surface area contributed by atoms with Crippen molar-refractivity contribution in [1.82, 2.24) is 4.90 Å². The predicted octanol–water partition coefficient (Wildman–Crippen LogP) is 5.14. The molecule has 3 aromatic rings. The minimum Gasteiger partial charge on any atom is -0.459 e. The molecule has 0 aliphatic carbocycles. The average Bonchev–Trinajstić information content (AvgIpc) is 3.19. The molecule has 2 aromatic carbocycles. The van der Waals surface area contributed by atoms with Gasteiger partial charge in [-0.05, 0) is 38.1 Å². The van der Waals surface area contributed by atoms with Crippen molar-refractivity contribution in [2.24, 2.45) is 0 Å². The molecule has 1 fully saturated rings. The second kappa shape index (κ2) is 7.38. The third kappa shape index (κ3) is 3.54. The van der Waals surface area contributed by atoms with Crippen LogP contribution in [0.3, 0.4) is 0 Å². The zero-order chi connectivity index (χ0) is 17.9. The van der Waals surface area contributed by atoms with E-state index in [1.165, 1.54) is 11.3 Å². The van der Waals surface area contributed by atoms with Crippen LogP contribution in [0, 0.1) is 6.92 Å². The van der Waals surface area contributed by atoms with Crippen molar-refractivity contribution in [2.45, 2.75) is 19.9 Å². The number of hydrogen-bond acceptors (Lipinski definition) is 3. The molecule has 0 radical (unpaired) electrons. The molecule has 1 atom stereocenters. The Morgan fingerprint density at radius 1 is 0.808 bits per heavy atom. The van der Waals surface area contributed by atoms with Crippen LogP contribution in [0.25, 0.3) is 11.3 Å².